The average Bonchev–Trinajstić information content (AvgIpc) is 2.41. The summed E-state index contributed by atoms with van der Waals surface area (Å²) in [4.78, 5) is 9.24. The van der Waals surface area contributed by atoms with Crippen LogP contribution in [0.2, 0.25) is 0 Å². The molecule has 0 aliphatic carbocycles. The molecule has 0 aliphatic heterocycles. The van der Waals surface area contributed by atoms with Crippen molar-refractivity contribution in [1.82, 2.24) is 0 Å². The molecule has 0 saturated carbocycles. The SMILES string of the molecule is NCC(=O)O.c1ccc(-c2ccccc2)cc1. The molecule has 0 heterocycles. The lowest BCUT2D eigenvalue weighted by molar-refractivity contribution is -0.135. The normalized spacial score (nSPS) is 9.00. The second kappa shape index (κ2) is 7.19. The molecule has 88 valence electrons. The van der Waals surface area contributed by atoms with Gasteiger partial charge >= 0.3 is 5.97 Å². The first-order valence-electron chi connectivity index (χ1n) is 5.26. The zero-order chi connectivity index (χ0) is 12.5. The summed E-state index contributed by atoms with van der Waals surface area (Å²) in [6.45, 7) is -0.278. The van der Waals surface area contributed by atoms with Crippen molar-refractivity contribution >= 4 is 5.97 Å². The number of benzene rings is 2. The molecular formula is C14H15NO2. The number of carbonyl (C=O) groups is 1. The van der Waals surface area contributed by atoms with E-state index in [9.17, 15) is 4.79 Å². The van der Waals surface area contributed by atoms with Gasteiger partial charge in [-0.25, -0.2) is 0 Å². The maximum absolute atomic E-state index is 9.24. The standard InChI is InChI=1S/C12H10.C2H5NO2/c1-3-7-11(8-4-1)12-9-5-2-6-10-12;3-1-2(4)5/h1-10H;1,3H2,(H,4,5). The van der Waals surface area contributed by atoms with Crippen LogP contribution in [0.5, 0.6) is 0 Å². The van der Waals surface area contributed by atoms with Crippen molar-refractivity contribution in [2.45, 2.75) is 0 Å². The lowest BCUT2D eigenvalue weighted by Crippen LogP contribution is -2.10. The van der Waals surface area contributed by atoms with Crippen LogP contribution in [0, 0.1) is 0 Å². The van der Waals surface area contributed by atoms with E-state index in [0.29, 0.717) is 0 Å². The summed E-state index contributed by atoms with van der Waals surface area (Å²) in [5, 5.41) is 7.60. The lowest BCUT2D eigenvalue weighted by Gasteiger charge is -1.98. The minimum atomic E-state index is -0.968. The van der Waals surface area contributed by atoms with Crippen LogP contribution in [-0.2, 0) is 4.79 Å². The molecule has 0 aliphatic rings. The molecule has 2 aromatic rings. The Bertz CT molecular complexity index is 403. The minimum Gasteiger partial charge on any atom is -0.480 e. The summed E-state index contributed by atoms with van der Waals surface area (Å²) in [7, 11) is 0. The van der Waals surface area contributed by atoms with E-state index in [1.54, 1.807) is 0 Å². The topological polar surface area (TPSA) is 63.3 Å². The van der Waals surface area contributed by atoms with Crippen LogP contribution >= 0.6 is 0 Å². The third kappa shape index (κ3) is 4.95. The molecule has 0 fully saturated rings. The Balaban J connectivity index is 0.000000249. The van der Waals surface area contributed by atoms with Gasteiger partial charge in [-0.3, -0.25) is 4.79 Å². The van der Waals surface area contributed by atoms with Crippen molar-refractivity contribution < 1.29 is 9.90 Å². The molecule has 2 aromatic carbocycles. The molecule has 17 heavy (non-hydrogen) atoms. The Morgan fingerprint density at radius 2 is 1.18 bits per heavy atom. The van der Waals surface area contributed by atoms with Gasteiger partial charge in [-0.05, 0) is 11.1 Å². The van der Waals surface area contributed by atoms with Crippen molar-refractivity contribution in [1.29, 1.82) is 0 Å². The van der Waals surface area contributed by atoms with Crippen LogP contribution in [0.3, 0.4) is 0 Å². The van der Waals surface area contributed by atoms with Crippen LogP contribution in [-0.4, -0.2) is 17.6 Å². The van der Waals surface area contributed by atoms with Gasteiger partial charge in [0.25, 0.3) is 0 Å². The highest BCUT2D eigenvalue weighted by molar-refractivity contribution is 5.68. The first kappa shape index (κ1) is 12.9. The third-order valence-electron chi connectivity index (χ3n) is 2.06. The van der Waals surface area contributed by atoms with Crippen molar-refractivity contribution in [3.63, 3.8) is 0 Å². The zero-order valence-electron chi connectivity index (χ0n) is 9.41. The monoisotopic (exact) mass is 229 g/mol. The van der Waals surface area contributed by atoms with Gasteiger partial charge in [-0.15, -0.1) is 0 Å². The van der Waals surface area contributed by atoms with Crippen LogP contribution < -0.4 is 5.73 Å². The number of hydrogen-bond donors (Lipinski definition) is 2. The third-order valence-corrected chi connectivity index (χ3v) is 2.06. The number of nitrogens with two attached hydrogens (primary N) is 1. The molecular weight excluding hydrogens is 214 g/mol. The van der Waals surface area contributed by atoms with E-state index in [1.165, 1.54) is 11.1 Å². The van der Waals surface area contributed by atoms with Crippen LogP contribution in [0.25, 0.3) is 11.1 Å². The highest BCUT2D eigenvalue weighted by atomic mass is 16.4. The molecule has 0 atom stereocenters. The smallest absolute Gasteiger partial charge is 0.317 e. The molecule has 0 spiro atoms. The maximum atomic E-state index is 9.24. The van der Waals surface area contributed by atoms with E-state index in [1.807, 2.05) is 12.1 Å². The molecule has 0 radical (unpaired) electrons. The Morgan fingerprint density at radius 1 is 0.882 bits per heavy atom. The van der Waals surface area contributed by atoms with Crippen LogP contribution in [0.4, 0.5) is 0 Å². The van der Waals surface area contributed by atoms with Gasteiger partial charge in [0.05, 0.1) is 6.54 Å². The molecule has 3 N–H and O–H groups in total. The van der Waals surface area contributed by atoms with Gasteiger partial charge in [0.2, 0.25) is 0 Å². The van der Waals surface area contributed by atoms with Crippen molar-refractivity contribution in [3.05, 3.63) is 60.7 Å². The maximum Gasteiger partial charge on any atom is 0.317 e. The Hall–Kier alpha value is -2.13. The van der Waals surface area contributed by atoms with Gasteiger partial charge in [0.15, 0.2) is 0 Å². The van der Waals surface area contributed by atoms with Crippen molar-refractivity contribution in [2.75, 3.05) is 6.54 Å². The summed E-state index contributed by atoms with van der Waals surface area (Å²) < 4.78 is 0. The summed E-state index contributed by atoms with van der Waals surface area (Å²) in [6, 6.07) is 20.8. The molecule has 0 bridgehead atoms. The van der Waals surface area contributed by atoms with Gasteiger partial charge in [0, 0.05) is 0 Å². The summed E-state index contributed by atoms with van der Waals surface area (Å²) in [6.07, 6.45) is 0. The number of rotatable bonds is 2. The first-order chi connectivity index (χ1) is 8.24. The summed E-state index contributed by atoms with van der Waals surface area (Å²) >= 11 is 0. The Labute approximate surface area is 101 Å². The fraction of sp³-hybridized carbons (Fsp3) is 0.0714. The van der Waals surface area contributed by atoms with E-state index < -0.39 is 5.97 Å². The van der Waals surface area contributed by atoms with Gasteiger partial charge in [0.1, 0.15) is 0 Å². The number of carboxylic acids is 1. The Kier molecular flexibility index (Phi) is 5.47. The number of aliphatic carboxylic acids is 1. The fourth-order valence-corrected chi connectivity index (χ4v) is 1.26. The summed E-state index contributed by atoms with van der Waals surface area (Å²) in [5.74, 6) is -0.968. The molecule has 3 nitrogen and oxygen atoms in total. The lowest BCUT2D eigenvalue weighted by atomic mass is 10.1. The average molecular weight is 229 g/mol. The van der Waals surface area contributed by atoms with E-state index in [4.69, 9.17) is 5.11 Å². The fourth-order valence-electron chi connectivity index (χ4n) is 1.26. The summed E-state index contributed by atoms with van der Waals surface area (Å²) in [5.41, 5.74) is 7.12. The van der Waals surface area contributed by atoms with Gasteiger partial charge in [-0.2, -0.15) is 0 Å². The van der Waals surface area contributed by atoms with E-state index in [0.717, 1.165) is 0 Å². The highest BCUT2D eigenvalue weighted by Gasteiger charge is 1.91. The number of hydrogen-bond acceptors (Lipinski definition) is 2. The second-order valence-electron chi connectivity index (χ2n) is 3.33. The molecule has 0 saturated heterocycles. The zero-order valence-corrected chi connectivity index (χ0v) is 9.41. The second-order valence-corrected chi connectivity index (χ2v) is 3.33. The van der Waals surface area contributed by atoms with E-state index in [-0.39, 0.29) is 6.54 Å². The molecule has 3 heteroatoms. The van der Waals surface area contributed by atoms with Crippen LogP contribution in [0.1, 0.15) is 0 Å². The van der Waals surface area contributed by atoms with Gasteiger partial charge < -0.3 is 10.8 Å². The van der Waals surface area contributed by atoms with Gasteiger partial charge in [-0.1, -0.05) is 60.7 Å². The Morgan fingerprint density at radius 3 is 1.41 bits per heavy atom. The molecule has 2 rings (SSSR count). The highest BCUT2D eigenvalue weighted by Crippen LogP contribution is 2.17. The quantitative estimate of drug-likeness (QED) is 0.831. The van der Waals surface area contributed by atoms with Crippen molar-refractivity contribution in [3.8, 4) is 11.1 Å². The predicted octanol–water partition coefficient (Wildman–Crippen LogP) is 2.38. The van der Waals surface area contributed by atoms with Crippen molar-refractivity contribution in [2.24, 2.45) is 5.73 Å². The minimum absolute atomic E-state index is 0.278. The first-order valence-corrected chi connectivity index (χ1v) is 5.26. The van der Waals surface area contributed by atoms with Crippen LogP contribution in [0.15, 0.2) is 60.7 Å². The molecule has 0 amide bonds. The number of carboxylic acid groups (broad SMARTS) is 1. The predicted molar refractivity (Wildman–Crippen MR) is 68.6 cm³/mol. The largest absolute Gasteiger partial charge is 0.480 e. The van der Waals surface area contributed by atoms with E-state index >= 15 is 0 Å². The molecule has 0 aromatic heterocycles. The molecule has 0 unspecified atom stereocenters. The van der Waals surface area contributed by atoms with E-state index in [2.05, 4.69) is 54.3 Å².